The second kappa shape index (κ2) is 11.4. The van der Waals surface area contributed by atoms with Gasteiger partial charge in [0.1, 0.15) is 6.04 Å². The molecule has 0 radical (unpaired) electrons. The van der Waals surface area contributed by atoms with E-state index in [9.17, 15) is 9.59 Å². The van der Waals surface area contributed by atoms with Gasteiger partial charge in [0, 0.05) is 9.26 Å². The van der Waals surface area contributed by atoms with Gasteiger partial charge < -0.3 is 14.8 Å². The van der Waals surface area contributed by atoms with E-state index in [1.54, 1.807) is 13.8 Å². The molecule has 0 bridgehead atoms. The van der Waals surface area contributed by atoms with E-state index in [1.165, 1.54) is 17.0 Å². The molecule has 2 aliphatic carbocycles. The molecule has 1 saturated carbocycles. The zero-order valence-corrected chi connectivity index (χ0v) is 20.2. The fourth-order valence-corrected chi connectivity index (χ4v) is 4.61. The number of halogens is 1. The SMILES string of the molecule is CCOC(=O)NN(C(=O)OCC)[C@H]1C(=C2CCCCC2)C=C[C@@H]1Nc1ccccc1I. The molecule has 1 fully saturated rings. The highest BCUT2D eigenvalue weighted by Gasteiger charge is 2.39. The molecular formula is C23H30IN3O4. The number of carbonyl (C=O) groups is 2. The van der Waals surface area contributed by atoms with Crippen LogP contribution in [0, 0.1) is 3.57 Å². The Labute approximate surface area is 197 Å². The fourth-order valence-electron chi connectivity index (χ4n) is 4.07. The summed E-state index contributed by atoms with van der Waals surface area (Å²) in [5, 5.41) is 4.82. The van der Waals surface area contributed by atoms with Gasteiger partial charge in [-0.3, -0.25) is 0 Å². The number of ether oxygens (including phenoxy) is 2. The van der Waals surface area contributed by atoms with Crippen molar-refractivity contribution in [1.82, 2.24) is 10.4 Å². The van der Waals surface area contributed by atoms with E-state index in [4.69, 9.17) is 9.47 Å². The average molecular weight is 539 g/mol. The Morgan fingerprint density at radius 2 is 1.81 bits per heavy atom. The molecule has 2 N–H and O–H groups in total. The number of rotatable bonds is 5. The molecular weight excluding hydrogens is 509 g/mol. The maximum absolute atomic E-state index is 12.9. The van der Waals surface area contributed by atoms with Crippen LogP contribution in [0.1, 0.15) is 46.0 Å². The van der Waals surface area contributed by atoms with Gasteiger partial charge >= 0.3 is 12.2 Å². The van der Waals surface area contributed by atoms with Crippen molar-refractivity contribution in [3.63, 3.8) is 0 Å². The minimum atomic E-state index is -0.677. The lowest BCUT2D eigenvalue weighted by Crippen LogP contribution is -2.57. The van der Waals surface area contributed by atoms with Crippen LogP contribution in [0.25, 0.3) is 0 Å². The van der Waals surface area contributed by atoms with E-state index in [2.05, 4.69) is 45.5 Å². The lowest BCUT2D eigenvalue weighted by molar-refractivity contribution is 0.0615. The van der Waals surface area contributed by atoms with Gasteiger partial charge in [0.15, 0.2) is 0 Å². The van der Waals surface area contributed by atoms with Gasteiger partial charge in [0.2, 0.25) is 0 Å². The zero-order valence-electron chi connectivity index (χ0n) is 18.0. The van der Waals surface area contributed by atoms with E-state index in [1.807, 2.05) is 24.3 Å². The van der Waals surface area contributed by atoms with Gasteiger partial charge in [-0.25, -0.2) is 20.0 Å². The maximum Gasteiger partial charge on any atom is 0.429 e. The van der Waals surface area contributed by atoms with Crippen LogP contribution in [-0.4, -0.2) is 42.5 Å². The van der Waals surface area contributed by atoms with Gasteiger partial charge in [0.05, 0.1) is 19.3 Å². The summed E-state index contributed by atoms with van der Waals surface area (Å²) in [6, 6.07) is 7.32. The van der Waals surface area contributed by atoms with Crippen LogP contribution in [0.3, 0.4) is 0 Å². The quantitative estimate of drug-likeness (QED) is 0.388. The highest BCUT2D eigenvalue weighted by molar-refractivity contribution is 14.1. The third-order valence-corrected chi connectivity index (χ3v) is 6.37. The third-order valence-electron chi connectivity index (χ3n) is 5.43. The summed E-state index contributed by atoms with van der Waals surface area (Å²) < 4.78 is 11.4. The highest BCUT2D eigenvalue weighted by Crippen LogP contribution is 2.35. The summed E-state index contributed by atoms with van der Waals surface area (Å²) in [6.07, 6.45) is 8.36. The van der Waals surface area contributed by atoms with Crippen molar-refractivity contribution in [2.75, 3.05) is 18.5 Å². The van der Waals surface area contributed by atoms with Gasteiger partial charge in [-0.15, -0.1) is 0 Å². The second-order valence-corrected chi connectivity index (χ2v) is 8.64. The molecule has 168 valence electrons. The number of benzene rings is 1. The Balaban J connectivity index is 1.97. The fraction of sp³-hybridized carbons (Fsp3) is 0.478. The number of nitrogens with zero attached hydrogens (tertiary/aromatic N) is 1. The van der Waals surface area contributed by atoms with E-state index in [-0.39, 0.29) is 19.3 Å². The molecule has 3 rings (SSSR count). The van der Waals surface area contributed by atoms with Crippen molar-refractivity contribution in [1.29, 1.82) is 0 Å². The number of para-hydroxylation sites is 1. The molecule has 2 aliphatic rings. The number of amides is 2. The first kappa shape index (κ1) is 23.4. The summed E-state index contributed by atoms with van der Waals surface area (Å²) in [4.78, 5) is 25.2. The zero-order chi connectivity index (χ0) is 22.2. The van der Waals surface area contributed by atoms with Crippen molar-refractivity contribution in [3.05, 3.63) is 51.1 Å². The van der Waals surface area contributed by atoms with Crippen LogP contribution in [0.2, 0.25) is 0 Å². The standard InChI is InChI=1S/C23H30IN3O4/c1-3-30-22(28)26-27(23(29)31-4-2)21-17(16-10-6-5-7-11-16)14-15-20(21)25-19-13-9-8-12-18(19)24/h8-9,12-15,20-21,25H,3-7,10-11H2,1-2H3,(H,26,28)/t20-,21-/m0/s1. The largest absolute Gasteiger partial charge is 0.449 e. The predicted octanol–water partition coefficient (Wildman–Crippen LogP) is 5.39. The normalized spacial score (nSPS) is 20.4. The molecule has 8 heteroatoms. The molecule has 0 aliphatic heterocycles. The second-order valence-electron chi connectivity index (χ2n) is 7.47. The molecule has 0 unspecified atom stereocenters. The molecule has 2 amide bonds. The first-order valence-electron chi connectivity index (χ1n) is 10.9. The minimum Gasteiger partial charge on any atom is -0.449 e. The Morgan fingerprint density at radius 3 is 2.48 bits per heavy atom. The maximum atomic E-state index is 12.9. The Morgan fingerprint density at radius 1 is 1.10 bits per heavy atom. The average Bonchev–Trinajstić information content (AvgIpc) is 3.18. The summed E-state index contributed by atoms with van der Waals surface area (Å²) in [5.74, 6) is 0. The van der Waals surface area contributed by atoms with Crippen molar-refractivity contribution in [2.45, 2.75) is 58.0 Å². The van der Waals surface area contributed by atoms with Crippen LogP contribution in [0.15, 0.2) is 47.6 Å². The number of hydrogen-bond donors (Lipinski definition) is 2. The molecule has 7 nitrogen and oxygen atoms in total. The smallest absolute Gasteiger partial charge is 0.429 e. The summed E-state index contributed by atoms with van der Waals surface area (Å²) in [6.45, 7) is 3.89. The van der Waals surface area contributed by atoms with Gasteiger partial charge in [-0.1, -0.05) is 36.3 Å². The van der Waals surface area contributed by atoms with Crippen LogP contribution in [0.5, 0.6) is 0 Å². The van der Waals surface area contributed by atoms with Crippen LogP contribution >= 0.6 is 22.6 Å². The first-order chi connectivity index (χ1) is 15.0. The van der Waals surface area contributed by atoms with Crippen molar-refractivity contribution >= 4 is 40.5 Å². The predicted molar refractivity (Wildman–Crippen MR) is 129 cm³/mol. The summed E-state index contributed by atoms with van der Waals surface area (Å²) in [5.41, 5.74) is 5.99. The van der Waals surface area contributed by atoms with E-state index >= 15 is 0 Å². The Bertz CT molecular complexity index is 847. The number of anilines is 1. The van der Waals surface area contributed by atoms with Crippen molar-refractivity contribution in [2.24, 2.45) is 0 Å². The van der Waals surface area contributed by atoms with Crippen molar-refractivity contribution < 1.29 is 19.1 Å². The lowest BCUT2D eigenvalue weighted by atomic mass is 9.88. The molecule has 31 heavy (non-hydrogen) atoms. The van der Waals surface area contributed by atoms with Crippen LogP contribution in [0.4, 0.5) is 15.3 Å². The van der Waals surface area contributed by atoms with Gasteiger partial charge in [-0.05, 0) is 79.8 Å². The third kappa shape index (κ3) is 5.93. The highest BCUT2D eigenvalue weighted by atomic mass is 127. The van der Waals surface area contributed by atoms with Crippen molar-refractivity contribution in [3.8, 4) is 0 Å². The molecule has 0 spiro atoms. The number of nitrogens with one attached hydrogen (secondary N) is 2. The van der Waals surface area contributed by atoms with Gasteiger partial charge in [0.25, 0.3) is 0 Å². The first-order valence-corrected chi connectivity index (χ1v) is 11.9. The molecule has 0 saturated heterocycles. The monoisotopic (exact) mass is 539 g/mol. The summed E-state index contributed by atoms with van der Waals surface area (Å²) in [7, 11) is 0. The Kier molecular flexibility index (Phi) is 8.62. The number of carbonyl (C=O) groups excluding carboxylic acids is 2. The summed E-state index contributed by atoms with van der Waals surface area (Å²) >= 11 is 2.28. The number of hydrogen-bond acceptors (Lipinski definition) is 5. The van der Waals surface area contributed by atoms with E-state index < -0.39 is 18.2 Å². The number of hydrazine groups is 1. The number of allylic oxidation sites excluding steroid dienone is 1. The van der Waals surface area contributed by atoms with E-state index in [0.717, 1.165) is 40.5 Å². The molecule has 2 atom stereocenters. The molecule has 0 aromatic heterocycles. The topological polar surface area (TPSA) is 79.9 Å². The van der Waals surface area contributed by atoms with Crippen LogP contribution in [-0.2, 0) is 9.47 Å². The molecule has 0 heterocycles. The Hall–Kier alpha value is -2.23. The minimum absolute atomic E-state index is 0.209. The lowest BCUT2D eigenvalue weighted by Gasteiger charge is -2.35. The molecule has 1 aromatic rings. The van der Waals surface area contributed by atoms with Crippen LogP contribution < -0.4 is 10.7 Å². The van der Waals surface area contributed by atoms with E-state index in [0.29, 0.717) is 0 Å². The molecule has 1 aromatic carbocycles. The van der Waals surface area contributed by atoms with Gasteiger partial charge in [-0.2, -0.15) is 0 Å².